The molecule has 0 unspecified atom stereocenters. The topological polar surface area (TPSA) is 104 Å². The molecule has 0 aliphatic heterocycles. The highest BCUT2D eigenvalue weighted by atomic mass is 32.1. The predicted octanol–water partition coefficient (Wildman–Crippen LogP) is 2.39. The van der Waals surface area contributed by atoms with Gasteiger partial charge in [-0.25, -0.2) is 9.97 Å². The Morgan fingerprint density at radius 1 is 1.29 bits per heavy atom. The second-order valence-electron chi connectivity index (χ2n) is 3.95. The molecule has 0 bridgehead atoms. The van der Waals surface area contributed by atoms with E-state index in [1.54, 1.807) is 36.2 Å². The molecule has 0 spiro atoms. The van der Waals surface area contributed by atoms with Gasteiger partial charge in [-0.05, 0) is 12.1 Å². The van der Waals surface area contributed by atoms with E-state index in [9.17, 15) is 0 Å². The zero-order valence-corrected chi connectivity index (χ0v) is 12.4. The summed E-state index contributed by atoms with van der Waals surface area (Å²) in [6, 6.07) is 3.57. The van der Waals surface area contributed by atoms with Crippen molar-refractivity contribution in [2.75, 3.05) is 10.4 Å². The molecular weight excluding hydrogens is 306 g/mol. The zero-order chi connectivity index (χ0) is 14.7. The lowest BCUT2D eigenvalue weighted by molar-refractivity contribution is 1.13. The molecule has 106 valence electrons. The van der Waals surface area contributed by atoms with Gasteiger partial charge in [0.15, 0.2) is 0 Å². The van der Waals surface area contributed by atoms with Crippen molar-refractivity contribution in [3.8, 4) is 10.6 Å². The van der Waals surface area contributed by atoms with Crippen molar-refractivity contribution in [3.63, 3.8) is 0 Å². The molecule has 0 aliphatic carbocycles. The van der Waals surface area contributed by atoms with Gasteiger partial charge in [0.2, 0.25) is 11.1 Å². The van der Waals surface area contributed by atoms with Gasteiger partial charge in [0.1, 0.15) is 0 Å². The number of hydrogen-bond donors (Lipinski definition) is 3. The fourth-order valence-corrected chi connectivity index (χ4v) is 3.07. The lowest BCUT2D eigenvalue weighted by Crippen LogP contribution is -2.40. The number of nitrogens with one attached hydrogen (secondary N) is 2. The molecule has 0 saturated carbocycles. The highest BCUT2D eigenvalue weighted by Crippen LogP contribution is 2.30. The van der Waals surface area contributed by atoms with E-state index >= 15 is 0 Å². The normalized spacial score (nSPS) is 10.3. The average molecular weight is 317 g/mol. The van der Waals surface area contributed by atoms with Gasteiger partial charge in [-0.1, -0.05) is 11.3 Å². The lowest BCUT2D eigenvalue weighted by atomic mass is 10.4. The molecule has 0 saturated heterocycles. The Kier molecular flexibility index (Phi) is 3.75. The predicted molar refractivity (Wildman–Crippen MR) is 85.5 cm³/mol. The number of nitrogens with two attached hydrogens (primary N) is 1. The van der Waals surface area contributed by atoms with Crippen LogP contribution in [0.5, 0.6) is 0 Å². The van der Waals surface area contributed by atoms with Gasteiger partial charge in [0.05, 0.1) is 21.8 Å². The van der Waals surface area contributed by atoms with E-state index < -0.39 is 0 Å². The first-order valence-corrected chi connectivity index (χ1v) is 7.65. The monoisotopic (exact) mass is 317 g/mol. The number of pyridine rings is 1. The molecule has 0 aliphatic rings. The van der Waals surface area contributed by atoms with Crippen LogP contribution in [0.3, 0.4) is 0 Å². The quantitative estimate of drug-likeness (QED) is 0.388. The molecule has 0 atom stereocenters. The number of hydrogen-bond acceptors (Lipinski definition) is 7. The molecule has 3 rings (SSSR count). The van der Waals surface area contributed by atoms with Gasteiger partial charge in [-0.2, -0.15) is 5.01 Å². The van der Waals surface area contributed by atoms with Crippen molar-refractivity contribution in [2.45, 2.75) is 0 Å². The van der Waals surface area contributed by atoms with Gasteiger partial charge in [0.25, 0.3) is 0 Å². The molecule has 0 amide bonds. The summed E-state index contributed by atoms with van der Waals surface area (Å²) in [6.07, 6.45) is 5.03. The highest BCUT2D eigenvalue weighted by Gasteiger charge is 2.15. The Hall–Kier alpha value is -2.52. The van der Waals surface area contributed by atoms with Crippen LogP contribution < -0.4 is 16.2 Å². The van der Waals surface area contributed by atoms with Crippen LogP contribution >= 0.6 is 22.7 Å². The van der Waals surface area contributed by atoms with Crippen LogP contribution in [0.2, 0.25) is 0 Å². The van der Waals surface area contributed by atoms with E-state index in [0.717, 1.165) is 16.3 Å². The largest absolute Gasteiger partial charge is 0.368 e. The van der Waals surface area contributed by atoms with Crippen LogP contribution in [0, 0.1) is 5.41 Å². The molecule has 3 aromatic rings. The highest BCUT2D eigenvalue weighted by molar-refractivity contribution is 7.19. The second kappa shape index (κ2) is 5.85. The summed E-state index contributed by atoms with van der Waals surface area (Å²) in [5.74, 6) is -0.147. The summed E-state index contributed by atoms with van der Waals surface area (Å²) in [7, 11) is 0. The minimum Gasteiger partial charge on any atom is -0.368 e. The fraction of sp³-hybridized carbons (Fsp3) is 0. The smallest absolute Gasteiger partial charge is 0.214 e. The molecule has 21 heavy (non-hydrogen) atoms. The zero-order valence-electron chi connectivity index (χ0n) is 10.7. The second-order valence-corrected chi connectivity index (χ2v) is 5.68. The number of rotatable bonds is 4. The minimum atomic E-state index is -0.147. The SMILES string of the molecule is N=C(N)N(Nc1ccncc1)c1ncc(-c2cscn2)s1. The Morgan fingerprint density at radius 2 is 2.10 bits per heavy atom. The standard InChI is InChI=1S/C12H11N7S2/c13-11(14)19(18-8-1-3-15-4-2-8)12-16-5-10(21-12)9-6-20-7-17-9/h1-7H,(H3,13,14)(H,15,18). The van der Waals surface area contributed by atoms with E-state index in [4.69, 9.17) is 11.1 Å². The molecule has 7 nitrogen and oxygen atoms in total. The third-order valence-electron chi connectivity index (χ3n) is 2.53. The van der Waals surface area contributed by atoms with E-state index in [0.29, 0.717) is 5.13 Å². The summed E-state index contributed by atoms with van der Waals surface area (Å²) < 4.78 is 0. The summed E-state index contributed by atoms with van der Waals surface area (Å²) in [6.45, 7) is 0. The van der Waals surface area contributed by atoms with Crippen LogP contribution in [-0.4, -0.2) is 20.9 Å². The first kappa shape index (κ1) is 13.5. The maximum Gasteiger partial charge on any atom is 0.214 e. The lowest BCUT2D eigenvalue weighted by Gasteiger charge is -2.21. The molecule has 9 heteroatoms. The molecule has 0 aromatic carbocycles. The Labute approximate surface area is 128 Å². The number of nitrogens with zero attached hydrogens (tertiary/aromatic N) is 4. The van der Waals surface area contributed by atoms with E-state index in [-0.39, 0.29) is 5.96 Å². The number of guanidine groups is 1. The van der Waals surface area contributed by atoms with Gasteiger partial charge in [-0.3, -0.25) is 15.8 Å². The summed E-state index contributed by atoms with van der Waals surface area (Å²) in [4.78, 5) is 13.4. The van der Waals surface area contributed by atoms with E-state index in [1.165, 1.54) is 27.7 Å². The van der Waals surface area contributed by atoms with Gasteiger partial charge < -0.3 is 5.73 Å². The minimum absolute atomic E-state index is 0.147. The van der Waals surface area contributed by atoms with Crippen molar-refractivity contribution in [2.24, 2.45) is 5.73 Å². The first-order chi connectivity index (χ1) is 10.2. The Morgan fingerprint density at radius 3 is 2.76 bits per heavy atom. The third kappa shape index (κ3) is 2.98. The van der Waals surface area contributed by atoms with Crippen molar-refractivity contribution in [1.82, 2.24) is 15.0 Å². The van der Waals surface area contributed by atoms with E-state index in [1.807, 2.05) is 5.38 Å². The number of thiazole rings is 2. The van der Waals surface area contributed by atoms with Gasteiger partial charge in [0, 0.05) is 24.0 Å². The Bertz CT molecular complexity index is 723. The van der Waals surface area contributed by atoms with Crippen LogP contribution in [0.4, 0.5) is 10.8 Å². The first-order valence-electron chi connectivity index (χ1n) is 5.89. The Balaban J connectivity index is 1.86. The number of anilines is 2. The fourth-order valence-electron chi connectivity index (χ4n) is 1.59. The maximum atomic E-state index is 7.70. The average Bonchev–Trinajstić information content (AvgIpc) is 3.16. The van der Waals surface area contributed by atoms with Gasteiger partial charge >= 0.3 is 0 Å². The molecule has 3 heterocycles. The molecule has 0 radical (unpaired) electrons. The van der Waals surface area contributed by atoms with Crippen LogP contribution in [0.1, 0.15) is 0 Å². The number of hydrazine groups is 1. The van der Waals surface area contributed by atoms with Crippen LogP contribution in [-0.2, 0) is 0 Å². The summed E-state index contributed by atoms with van der Waals surface area (Å²) in [5, 5.41) is 11.6. The summed E-state index contributed by atoms with van der Waals surface area (Å²) in [5.41, 5.74) is 12.1. The summed E-state index contributed by atoms with van der Waals surface area (Å²) >= 11 is 2.93. The van der Waals surface area contributed by atoms with Crippen LogP contribution in [0.15, 0.2) is 41.6 Å². The van der Waals surface area contributed by atoms with Crippen molar-refractivity contribution >= 4 is 39.5 Å². The maximum absolute atomic E-state index is 7.70. The van der Waals surface area contributed by atoms with E-state index in [2.05, 4.69) is 20.4 Å². The van der Waals surface area contributed by atoms with Crippen molar-refractivity contribution in [3.05, 3.63) is 41.6 Å². The number of aromatic nitrogens is 3. The van der Waals surface area contributed by atoms with Crippen molar-refractivity contribution < 1.29 is 0 Å². The third-order valence-corrected chi connectivity index (χ3v) is 4.12. The molecule has 3 aromatic heterocycles. The van der Waals surface area contributed by atoms with Crippen molar-refractivity contribution in [1.29, 1.82) is 5.41 Å². The molecule has 4 N–H and O–H groups in total. The molecule has 0 fully saturated rings. The van der Waals surface area contributed by atoms with Gasteiger partial charge in [-0.15, -0.1) is 11.3 Å². The molecular formula is C12H11N7S2. The van der Waals surface area contributed by atoms with Crippen LogP contribution in [0.25, 0.3) is 10.6 Å².